The first-order chi connectivity index (χ1) is 7.99. The predicted molar refractivity (Wildman–Crippen MR) is 80.2 cm³/mol. The van der Waals surface area contributed by atoms with Gasteiger partial charge in [0.15, 0.2) is 0 Å². The van der Waals surface area contributed by atoms with Crippen molar-refractivity contribution in [3.63, 3.8) is 0 Å². The molecule has 2 N–H and O–H groups in total. The Kier molecular flexibility index (Phi) is 6.08. The van der Waals surface area contributed by atoms with E-state index in [4.69, 9.17) is 0 Å². The van der Waals surface area contributed by atoms with Crippen molar-refractivity contribution in [1.29, 1.82) is 0 Å². The van der Waals surface area contributed by atoms with Crippen LogP contribution in [0.25, 0.3) is 0 Å². The average molecular weight is 376 g/mol. The summed E-state index contributed by atoms with van der Waals surface area (Å²) in [6.07, 6.45) is 1.91. The molecular formula is C10H16BrClN2O2S2. The Morgan fingerprint density at radius 2 is 2.28 bits per heavy atom. The van der Waals surface area contributed by atoms with Crippen molar-refractivity contribution in [1.82, 2.24) is 10.0 Å². The van der Waals surface area contributed by atoms with E-state index >= 15 is 0 Å². The van der Waals surface area contributed by atoms with Gasteiger partial charge in [0.05, 0.1) is 3.79 Å². The van der Waals surface area contributed by atoms with Gasteiger partial charge in [-0.25, -0.2) is 13.1 Å². The van der Waals surface area contributed by atoms with Crippen LogP contribution in [-0.2, 0) is 10.0 Å². The molecule has 0 spiro atoms. The summed E-state index contributed by atoms with van der Waals surface area (Å²) in [6.45, 7) is 3.58. The Labute approximate surface area is 126 Å². The van der Waals surface area contributed by atoms with Gasteiger partial charge in [-0.3, -0.25) is 0 Å². The minimum Gasteiger partial charge on any atom is -0.315 e. The zero-order chi connectivity index (χ0) is 12.5. The molecule has 0 aromatic carbocycles. The number of hydrogen-bond donors (Lipinski definition) is 2. The number of rotatable bonds is 3. The molecule has 1 aromatic heterocycles. The molecule has 1 aliphatic rings. The van der Waals surface area contributed by atoms with Crippen LogP contribution >= 0.6 is 39.7 Å². The van der Waals surface area contributed by atoms with Crippen molar-refractivity contribution in [2.75, 3.05) is 13.1 Å². The number of halogens is 2. The zero-order valence-corrected chi connectivity index (χ0v) is 13.9. The van der Waals surface area contributed by atoms with Crippen LogP contribution in [0.2, 0.25) is 0 Å². The normalized spacial score (nSPS) is 20.4. The fourth-order valence-corrected chi connectivity index (χ4v) is 5.31. The van der Waals surface area contributed by atoms with E-state index in [0.717, 1.165) is 28.7 Å². The van der Waals surface area contributed by atoms with Gasteiger partial charge >= 0.3 is 0 Å². The van der Waals surface area contributed by atoms with Crippen LogP contribution in [0.4, 0.5) is 0 Å². The number of sulfonamides is 1. The summed E-state index contributed by atoms with van der Waals surface area (Å²) >= 11 is 4.60. The van der Waals surface area contributed by atoms with Gasteiger partial charge < -0.3 is 5.32 Å². The molecule has 2 heterocycles. The minimum absolute atomic E-state index is 0. The SMILES string of the molecule is Cc1cc(S(=O)(=O)NC2CCCNC2)sc1Br.Cl. The highest BCUT2D eigenvalue weighted by Crippen LogP contribution is 2.30. The van der Waals surface area contributed by atoms with Crippen LogP contribution in [0.15, 0.2) is 14.1 Å². The van der Waals surface area contributed by atoms with E-state index in [1.807, 2.05) is 6.92 Å². The maximum atomic E-state index is 12.1. The van der Waals surface area contributed by atoms with Crippen LogP contribution in [0.1, 0.15) is 18.4 Å². The summed E-state index contributed by atoms with van der Waals surface area (Å²) in [6, 6.07) is 1.71. The monoisotopic (exact) mass is 374 g/mol. The van der Waals surface area contributed by atoms with Gasteiger partial charge in [0.25, 0.3) is 0 Å². The molecule has 2 rings (SSSR count). The van der Waals surface area contributed by atoms with Crippen molar-refractivity contribution in [3.05, 3.63) is 15.4 Å². The van der Waals surface area contributed by atoms with Crippen molar-refractivity contribution in [2.45, 2.75) is 30.0 Å². The highest BCUT2D eigenvalue weighted by Gasteiger charge is 2.23. The lowest BCUT2D eigenvalue weighted by Gasteiger charge is -2.23. The van der Waals surface area contributed by atoms with E-state index in [1.54, 1.807) is 6.07 Å². The first kappa shape index (κ1) is 16.4. The van der Waals surface area contributed by atoms with Gasteiger partial charge in [0.1, 0.15) is 4.21 Å². The molecule has 0 aliphatic carbocycles. The van der Waals surface area contributed by atoms with Crippen molar-refractivity contribution in [3.8, 4) is 0 Å². The highest BCUT2D eigenvalue weighted by atomic mass is 79.9. The first-order valence-corrected chi connectivity index (χ1v) is 8.57. The third kappa shape index (κ3) is 3.91. The maximum absolute atomic E-state index is 12.1. The second-order valence-corrected chi connectivity index (χ2v) is 8.50. The van der Waals surface area contributed by atoms with Crippen LogP contribution in [0.3, 0.4) is 0 Å². The highest BCUT2D eigenvalue weighted by molar-refractivity contribution is 9.11. The molecule has 104 valence electrons. The van der Waals surface area contributed by atoms with Gasteiger partial charge in [-0.2, -0.15) is 0 Å². The third-order valence-corrected chi connectivity index (χ3v) is 6.85. The molecule has 0 radical (unpaired) electrons. The Morgan fingerprint density at radius 3 is 2.78 bits per heavy atom. The molecular weight excluding hydrogens is 360 g/mol. The van der Waals surface area contributed by atoms with Gasteiger partial charge in [-0.05, 0) is 53.9 Å². The lowest BCUT2D eigenvalue weighted by Crippen LogP contribution is -2.45. The number of thiophene rings is 1. The standard InChI is InChI=1S/C10H15BrN2O2S2.ClH/c1-7-5-9(16-10(7)11)17(14,15)13-8-3-2-4-12-6-8;/h5,8,12-13H,2-4,6H2,1H3;1H. The topological polar surface area (TPSA) is 58.2 Å². The number of nitrogens with one attached hydrogen (secondary N) is 2. The minimum atomic E-state index is -3.36. The maximum Gasteiger partial charge on any atom is 0.250 e. The molecule has 1 unspecified atom stereocenters. The molecule has 1 atom stereocenters. The summed E-state index contributed by atoms with van der Waals surface area (Å²) in [4.78, 5) is 0. The Hall–Kier alpha value is 0.340. The summed E-state index contributed by atoms with van der Waals surface area (Å²) in [5.74, 6) is 0. The van der Waals surface area contributed by atoms with E-state index in [2.05, 4.69) is 26.0 Å². The van der Waals surface area contributed by atoms with Crippen molar-refractivity contribution < 1.29 is 8.42 Å². The smallest absolute Gasteiger partial charge is 0.250 e. The van der Waals surface area contributed by atoms with Gasteiger partial charge in [0, 0.05) is 12.6 Å². The lowest BCUT2D eigenvalue weighted by atomic mass is 10.1. The van der Waals surface area contributed by atoms with E-state index in [9.17, 15) is 8.42 Å². The molecule has 1 fully saturated rings. The summed E-state index contributed by atoms with van der Waals surface area (Å²) in [7, 11) is -3.36. The molecule has 8 heteroatoms. The third-order valence-electron chi connectivity index (χ3n) is 2.72. The van der Waals surface area contributed by atoms with Crippen LogP contribution < -0.4 is 10.0 Å². The fourth-order valence-electron chi connectivity index (χ4n) is 1.79. The summed E-state index contributed by atoms with van der Waals surface area (Å²) in [5.41, 5.74) is 0.956. The van der Waals surface area contributed by atoms with Gasteiger partial charge in [0.2, 0.25) is 10.0 Å². The molecule has 1 aliphatic heterocycles. The summed E-state index contributed by atoms with van der Waals surface area (Å²) in [5, 5.41) is 3.19. The number of aryl methyl sites for hydroxylation is 1. The fraction of sp³-hybridized carbons (Fsp3) is 0.600. The van der Waals surface area contributed by atoms with Crippen LogP contribution in [-0.4, -0.2) is 27.5 Å². The first-order valence-electron chi connectivity index (χ1n) is 5.48. The quantitative estimate of drug-likeness (QED) is 0.852. The molecule has 4 nitrogen and oxygen atoms in total. The Balaban J connectivity index is 0.00000162. The predicted octanol–water partition coefficient (Wildman–Crippen LogP) is 2.27. The molecule has 0 amide bonds. The Bertz CT molecular complexity index is 478. The molecule has 18 heavy (non-hydrogen) atoms. The second kappa shape index (κ2) is 6.67. The molecule has 0 bridgehead atoms. The zero-order valence-electron chi connectivity index (χ0n) is 9.90. The summed E-state index contributed by atoms with van der Waals surface area (Å²) < 4.78 is 28.2. The largest absolute Gasteiger partial charge is 0.315 e. The van der Waals surface area contributed by atoms with E-state index in [0.29, 0.717) is 10.8 Å². The molecule has 0 saturated carbocycles. The lowest BCUT2D eigenvalue weighted by molar-refractivity contribution is 0.429. The average Bonchev–Trinajstić information content (AvgIpc) is 2.61. The molecule has 1 aromatic rings. The van der Waals surface area contributed by atoms with E-state index in [-0.39, 0.29) is 18.4 Å². The number of piperidine rings is 1. The second-order valence-electron chi connectivity index (χ2n) is 4.19. The van der Waals surface area contributed by atoms with E-state index in [1.165, 1.54) is 11.3 Å². The van der Waals surface area contributed by atoms with Crippen LogP contribution in [0, 0.1) is 6.92 Å². The van der Waals surface area contributed by atoms with E-state index < -0.39 is 10.0 Å². The molecule has 1 saturated heterocycles. The van der Waals surface area contributed by atoms with Crippen molar-refractivity contribution >= 4 is 49.7 Å². The number of hydrogen-bond acceptors (Lipinski definition) is 4. The van der Waals surface area contributed by atoms with Crippen molar-refractivity contribution in [2.24, 2.45) is 0 Å². The van der Waals surface area contributed by atoms with Gasteiger partial charge in [-0.1, -0.05) is 0 Å². The van der Waals surface area contributed by atoms with Crippen LogP contribution in [0.5, 0.6) is 0 Å². The van der Waals surface area contributed by atoms with Gasteiger partial charge in [-0.15, -0.1) is 23.7 Å². The Morgan fingerprint density at radius 1 is 1.56 bits per heavy atom.